The highest BCUT2D eigenvalue weighted by molar-refractivity contribution is 5.57. The molecular formula is C8H11N3O. The van der Waals surface area contributed by atoms with Gasteiger partial charge in [0.05, 0.1) is 6.54 Å². The first kappa shape index (κ1) is 7.21. The third kappa shape index (κ3) is 1.05. The lowest BCUT2D eigenvalue weighted by Gasteiger charge is -2.26. The van der Waals surface area contributed by atoms with E-state index < -0.39 is 0 Å². The van der Waals surface area contributed by atoms with Crippen LogP contribution in [-0.4, -0.2) is 25.2 Å². The lowest BCUT2D eigenvalue weighted by Crippen LogP contribution is -2.29. The molecule has 0 saturated carbocycles. The van der Waals surface area contributed by atoms with Crippen LogP contribution in [-0.2, 0) is 0 Å². The molecule has 1 aliphatic heterocycles. The first-order valence-corrected chi connectivity index (χ1v) is 3.88. The fourth-order valence-electron chi connectivity index (χ4n) is 1.23. The summed E-state index contributed by atoms with van der Waals surface area (Å²) in [7, 11) is 1.98. The average molecular weight is 165 g/mol. The maximum absolute atomic E-state index is 5.55. The minimum absolute atomic E-state index is 0.533. The third-order valence-electron chi connectivity index (χ3n) is 1.91. The van der Waals surface area contributed by atoms with Gasteiger partial charge in [0.1, 0.15) is 12.4 Å². The molecule has 12 heavy (non-hydrogen) atoms. The number of hydrogen-bond acceptors (Lipinski definition) is 4. The van der Waals surface area contributed by atoms with Gasteiger partial charge in [-0.2, -0.15) is 0 Å². The summed E-state index contributed by atoms with van der Waals surface area (Å²) in [5.74, 6) is 2.19. The van der Waals surface area contributed by atoms with E-state index >= 15 is 0 Å². The molecule has 0 saturated heterocycles. The Morgan fingerprint density at radius 1 is 1.58 bits per heavy atom. The van der Waals surface area contributed by atoms with Gasteiger partial charge in [-0.05, 0) is 12.1 Å². The summed E-state index contributed by atoms with van der Waals surface area (Å²) in [5.41, 5.74) is 5.55. The highest BCUT2D eigenvalue weighted by Gasteiger charge is 2.15. The van der Waals surface area contributed by atoms with Gasteiger partial charge < -0.3 is 15.4 Å². The average Bonchev–Trinajstić information content (AvgIpc) is 2.07. The Kier molecular flexibility index (Phi) is 1.53. The van der Waals surface area contributed by atoms with Crippen LogP contribution in [0.2, 0.25) is 0 Å². The number of nitrogens with two attached hydrogens (primary N) is 1. The second kappa shape index (κ2) is 2.55. The zero-order chi connectivity index (χ0) is 8.55. The quantitative estimate of drug-likeness (QED) is 0.608. The van der Waals surface area contributed by atoms with Crippen molar-refractivity contribution in [3.05, 3.63) is 12.1 Å². The Bertz CT molecular complexity index is 300. The van der Waals surface area contributed by atoms with Crippen molar-refractivity contribution in [3.63, 3.8) is 0 Å². The Morgan fingerprint density at radius 2 is 2.42 bits per heavy atom. The Hall–Kier alpha value is -1.45. The topological polar surface area (TPSA) is 51.4 Å². The van der Waals surface area contributed by atoms with Crippen molar-refractivity contribution < 1.29 is 4.74 Å². The Labute approximate surface area is 71.0 Å². The van der Waals surface area contributed by atoms with E-state index in [-0.39, 0.29) is 0 Å². The monoisotopic (exact) mass is 165 g/mol. The van der Waals surface area contributed by atoms with Crippen LogP contribution in [0.5, 0.6) is 5.75 Å². The molecule has 0 spiro atoms. The zero-order valence-corrected chi connectivity index (χ0v) is 6.95. The van der Waals surface area contributed by atoms with Crippen molar-refractivity contribution in [2.75, 3.05) is 30.8 Å². The van der Waals surface area contributed by atoms with E-state index in [4.69, 9.17) is 10.5 Å². The van der Waals surface area contributed by atoms with E-state index in [1.807, 2.05) is 18.0 Å². The molecule has 4 heteroatoms. The molecule has 0 aromatic carbocycles. The van der Waals surface area contributed by atoms with Crippen LogP contribution in [0.1, 0.15) is 0 Å². The summed E-state index contributed by atoms with van der Waals surface area (Å²) in [5, 5.41) is 0. The van der Waals surface area contributed by atoms with Gasteiger partial charge in [0, 0.05) is 7.05 Å². The molecular weight excluding hydrogens is 154 g/mol. The second-order valence-corrected chi connectivity index (χ2v) is 2.83. The van der Waals surface area contributed by atoms with Crippen molar-refractivity contribution in [3.8, 4) is 5.75 Å². The predicted molar refractivity (Wildman–Crippen MR) is 47.4 cm³/mol. The third-order valence-corrected chi connectivity index (χ3v) is 1.91. The summed E-state index contributed by atoms with van der Waals surface area (Å²) in [4.78, 5) is 6.21. The number of hydrogen-bond donors (Lipinski definition) is 1. The minimum Gasteiger partial charge on any atom is -0.488 e. The molecule has 0 amide bonds. The molecule has 2 heterocycles. The molecule has 0 fully saturated rings. The van der Waals surface area contributed by atoms with E-state index in [1.54, 1.807) is 6.07 Å². The maximum Gasteiger partial charge on any atom is 0.173 e. The van der Waals surface area contributed by atoms with Gasteiger partial charge in [-0.15, -0.1) is 0 Å². The van der Waals surface area contributed by atoms with Gasteiger partial charge in [-0.25, -0.2) is 4.98 Å². The van der Waals surface area contributed by atoms with Crippen molar-refractivity contribution in [2.45, 2.75) is 0 Å². The number of likely N-dealkylation sites (N-methyl/N-ethyl adjacent to an activating group) is 1. The lowest BCUT2D eigenvalue weighted by atomic mass is 10.3. The number of rotatable bonds is 0. The van der Waals surface area contributed by atoms with Crippen LogP contribution < -0.4 is 15.4 Å². The fourth-order valence-corrected chi connectivity index (χ4v) is 1.23. The number of aromatic nitrogens is 1. The van der Waals surface area contributed by atoms with Crippen molar-refractivity contribution in [1.82, 2.24) is 4.98 Å². The number of fused-ring (bicyclic) bond motifs is 1. The van der Waals surface area contributed by atoms with Gasteiger partial charge in [0.2, 0.25) is 0 Å². The molecule has 0 aliphatic carbocycles. The SMILES string of the molecule is CN1CCOc2ccc(N)nc21. The summed E-state index contributed by atoms with van der Waals surface area (Å²) >= 11 is 0. The molecule has 1 aromatic heterocycles. The number of nitrogens with zero attached hydrogens (tertiary/aromatic N) is 2. The summed E-state index contributed by atoms with van der Waals surface area (Å²) in [6.45, 7) is 1.58. The van der Waals surface area contributed by atoms with Crippen molar-refractivity contribution in [1.29, 1.82) is 0 Å². The summed E-state index contributed by atoms with van der Waals surface area (Å²) in [6, 6.07) is 3.60. The first-order chi connectivity index (χ1) is 5.77. The molecule has 0 unspecified atom stereocenters. The molecule has 0 atom stereocenters. The predicted octanol–water partition coefficient (Wildman–Crippen LogP) is 0.492. The standard InChI is InChI=1S/C8H11N3O/c1-11-4-5-12-6-2-3-7(9)10-8(6)11/h2-3H,4-5H2,1H3,(H2,9,10). The number of ether oxygens (including phenoxy) is 1. The number of pyridine rings is 1. The molecule has 1 aromatic rings. The zero-order valence-electron chi connectivity index (χ0n) is 6.95. The summed E-state index contributed by atoms with van der Waals surface area (Å²) < 4.78 is 5.39. The Balaban J connectivity index is 2.47. The highest BCUT2D eigenvalue weighted by atomic mass is 16.5. The van der Waals surface area contributed by atoms with Crippen molar-refractivity contribution >= 4 is 11.6 Å². The van der Waals surface area contributed by atoms with Crippen LogP contribution in [0, 0.1) is 0 Å². The van der Waals surface area contributed by atoms with Gasteiger partial charge in [-0.1, -0.05) is 0 Å². The highest BCUT2D eigenvalue weighted by Crippen LogP contribution is 2.28. The molecule has 4 nitrogen and oxygen atoms in total. The largest absolute Gasteiger partial charge is 0.488 e. The van der Waals surface area contributed by atoms with E-state index in [0.717, 1.165) is 24.7 Å². The number of nitrogen functional groups attached to an aromatic ring is 1. The van der Waals surface area contributed by atoms with Gasteiger partial charge >= 0.3 is 0 Å². The molecule has 1 aliphatic rings. The second-order valence-electron chi connectivity index (χ2n) is 2.83. The lowest BCUT2D eigenvalue weighted by molar-refractivity contribution is 0.309. The summed E-state index contributed by atoms with van der Waals surface area (Å²) in [6.07, 6.45) is 0. The van der Waals surface area contributed by atoms with Crippen LogP contribution in [0.25, 0.3) is 0 Å². The Morgan fingerprint density at radius 3 is 3.25 bits per heavy atom. The minimum atomic E-state index is 0.533. The van der Waals surface area contributed by atoms with Crippen LogP contribution in [0.4, 0.5) is 11.6 Å². The van der Waals surface area contributed by atoms with Crippen molar-refractivity contribution in [2.24, 2.45) is 0 Å². The van der Waals surface area contributed by atoms with E-state index in [0.29, 0.717) is 5.82 Å². The fraction of sp³-hybridized carbons (Fsp3) is 0.375. The maximum atomic E-state index is 5.55. The van der Waals surface area contributed by atoms with E-state index in [2.05, 4.69) is 4.98 Å². The molecule has 0 bridgehead atoms. The van der Waals surface area contributed by atoms with Crippen LogP contribution >= 0.6 is 0 Å². The van der Waals surface area contributed by atoms with E-state index in [1.165, 1.54) is 0 Å². The van der Waals surface area contributed by atoms with Crippen LogP contribution in [0.15, 0.2) is 12.1 Å². The molecule has 2 rings (SSSR count). The van der Waals surface area contributed by atoms with E-state index in [9.17, 15) is 0 Å². The molecule has 64 valence electrons. The first-order valence-electron chi connectivity index (χ1n) is 3.88. The molecule has 0 radical (unpaired) electrons. The smallest absolute Gasteiger partial charge is 0.173 e. The van der Waals surface area contributed by atoms with Gasteiger partial charge in [0.25, 0.3) is 0 Å². The molecule has 2 N–H and O–H groups in total. The normalized spacial score (nSPS) is 15.2. The van der Waals surface area contributed by atoms with Gasteiger partial charge in [-0.3, -0.25) is 0 Å². The van der Waals surface area contributed by atoms with Gasteiger partial charge in [0.15, 0.2) is 11.6 Å². The number of anilines is 2. The van der Waals surface area contributed by atoms with Crippen LogP contribution in [0.3, 0.4) is 0 Å².